The van der Waals surface area contributed by atoms with E-state index in [1.807, 2.05) is 28.9 Å². The molecule has 1 saturated heterocycles. The highest BCUT2D eigenvalue weighted by molar-refractivity contribution is 8.06. The van der Waals surface area contributed by atoms with Gasteiger partial charge in [0.25, 0.3) is 0 Å². The SMILES string of the molecule is CCC1SCCSC1c1nc(C(C)=O)cs1. The van der Waals surface area contributed by atoms with E-state index in [0.717, 1.165) is 5.01 Å². The van der Waals surface area contributed by atoms with Crippen molar-refractivity contribution in [2.75, 3.05) is 11.5 Å². The van der Waals surface area contributed by atoms with Gasteiger partial charge in [-0.25, -0.2) is 4.98 Å². The summed E-state index contributed by atoms with van der Waals surface area (Å²) < 4.78 is 0. The fraction of sp³-hybridized carbons (Fsp3) is 0.636. The number of rotatable bonds is 3. The minimum Gasteiger partial charge on any atom is -0.293 e. The molecule has 88 valence electrons. The molecule has 0 N–H and O–H groups in total. The standard InChI is InChI=1S/C11H15NOS3/c1-3-9-10(15-5-4-14-9)11-12-8(6-16-11)7(2)13/h6,9-10H,3-5H2,1-2H3. The number of ketones is 1. The monoisotopic (exact) mass is 273 g/mol. The fourth-order valence-corrected chi connectivity index (χ4v) is 6.01. The Bertz CT molecular complexity index is 377. The fourth-order valence-electron chi connectivity index (χ4n) is 1.71. The number of hydrogen-bond acceptors (Lipinski definition) is 5. The first-order valence-electron chi connectivity index (χ1n) is 5.42. The van der Waals surface area contributed by atoms with Crippen LogP contribution in [0.3, 0.4) is 0 Å². The molecule has 0 aliphatic carbocycles. The predicted molar refractivity (Wildman–Crippen MR) is 73.9 cm³/mol. The number of nitrogens with zero attached hydrogens (tertiary/aromatic N) is 1. The van der Waals surface area contributed by atoms with Crippen LogP contribution in [0.1, 0.15) is 41.0 Å². The number of Topliss-reactive ketones (excluding diaryl/α,β-unsaturated/α-hetero) is 1. The Labute approximate surface area is 109 Å². The van der Waals surface area contributed by atoms with Crippen molar-refractivity contribution in [3.05, 3.63) is 16.1 Å². The number of thioether (sulfide) groups is 2. The number of carbonyl (C=O) groups excluding carboxylic acids is 1. The molecule has 0 saturated carbocycles. The zero-order valence-electron chi connectivity index (χ0n) is 9.43. The first-order valence-corrected chi connectivity index (χ1v) is 8.39. The van der Waals surface area contributed by atoms with Crippen molar-refractivity contribution < 1.29 is 4.79 Å². The summed E-state index contributed by atoms with van der Waals surface area (Å²) in [5, 5.41) is 4.17. The maximum atomic E-state index is 11.2. The number of hydrogen-bond donors (Lipinski definition) is 0. The minimum atomic E-state index is 0.0732. The van der Waals surface area contributed by atoms with Gasteiger partial charge in [0, 0.05) is 29.1 Å². The third-order valence-electron chi connectivity index (χ3n) is 2.58. The van der Waals surface area contributed by atoms with Gasteiger partial charge in [-0.15, -0.1) is 23.1 Å². The highest BCUT2D eigenvalue weighted by Crippen LogP contribution is 2.44. The van der Waals surface area contributed by atoms with Crippen molar-refractivity contribution in [1.82, 2.24) is 4.98 Å². The van der Waals surface area contributed by atoms with Crippen molar-refractivity contribution >= 4 is 40.6 Å². The van der Waals surface area contributed by atoms with Crippen molar-refractivity contribution in [2.45, 2.75) is 30.8 Å². The zero-order chi connectivity index (χ0) is 11.5. The van der Waals surface area contributed by atoms with E-state index in [9.17, 15) is 4.79 Å². The number of aromatic nitrogens is 1. The van der Waals surface area contributed by atoms with Crippen LogP contribution < -0.4 is 0 Å². The molecule has 2 heterocycles. The molecule has 2 nitrogen and oxygen atoms in total. The Morgan fingerprint density at radius 1 is 1.50 bits per heavy atom. The summed E-state index contributed by atoms with van der Waals surface area (Å²) in [6.45, 7) is 3.81. The molecule has 1 aromatic heterocycles. The van der Waals surface area contributed by atoms with Gasteiger partial charge in [0.2, 0.25) is 0 Å². The van der Waals surface area contributed by atoms with Crippen molar-refractivity contribution in [3.63, 3.8) is 0 Å². The Morgan fingerprint density at radius 3 is 2.88 bits per heavy atom. The molecule has 16 heavy (non-hydrogen) atoms. The van der Waals surface area contributed by atoms with Crippen LogP contribution in [0.2, 0.25) is 0 Å². The molecule has 0 bridgehead atoms. The van der Waals surface area contributed by atoms with Crippen LogP contribution >= 0.6 is 34.9 Å². The van der Waals surface area contributed by atoms with Crippen LogP contribution in [0.4, 0.5) is 0 Å². The van der Waals surface area contributed by atoms with Gasteiger partial charge in [0.15, 0.2) is 5.78 Å². The molecule has 2 unspecified atom stereocenters. The molecule has 2 rings (SSSR count). The van der Waals surface area contributed by atoms with E-state index in [4.69, 9.17) is 0 Å². The van der Waals surface area contributed by atoms with Gasteiger partial charge in [-0.2, -0.15) is 11.8 Å². The van der Waals surface area contributed by atoms with Crippen LogP contribution in [0, 0.1) is 0 Å². The average molecular weight is 273 g/mol. The van der Waals surface area contributed by atoms with Gasteiger partial charge >= 0.3 is 0 Å². The Hall–Kier alpha value is -0.0000000000000000833. The van der Waals surface area contributed by atoms with E-state index < -0.39 is 0 Å². The summed E-state index contributed by atoms with van der Waals surface area (Å²) in [5.74, 6) is 2.51. The van der Waals surface area contributed by atoms with Gasteiger partial charge in [-0.1, -0.05) is 6.92 Å². The summed E-state index contributed by atoms with van der Waals surface area (Å²) in [6, 6.07) is 0. The first kappa shape index (κ1) is 12.5. The van der Waals surface area contributed by atoms with Crippen LogP contribution in [-0.2, 0) is 0 Å². The van der Waals surface area contributed by atoms with Gasteiger partial charge < -0.3 is 0 Å². The highest BCUT2D eigenvalue weighted by Gasteiger charge is 2.28. The van der Waals surface area contributed by atoms with Gasteiger partial charge in [0.1, 0.15) is 10.7 Å². The summed E-state index contributed by atoms with van der Waals surface area (Å²) in [6.07, 6.45) is 1.18. The van der Waals surface area contributed by atoms with E-state index in [1.165, 1.54) is 17.9 Å². The Kier molecular flexibility index (Phi) is 4.33. The largest absolute Gasteiger partial charge is 0.293 e. The highest BCUT2D eigenvalue weighted by atomic mass is 32.2. The predicted octanol–water partition coefficient (Wildman–Crippen LogP) is 3.65. The second-order valence-corrected chi connectivity index (χ2v) is 7.22. The lowest BCUT2D eigenvalue weighted by molar-refractivity contribution is 0.101. The minimum absolute atomic E-state index is 0.0732. The molecule has 1 aromatic rings. The smallest absolute Gasteiger partial charge is 0.178 e. The molecule has 2 atom stereocenters. The Balaban J connectivity index is 2.17. The molecule has 1 fully saturated rings. The van der Waals surface area contributed by atoms with Gasteiger partial charge in [0.05, 0.1) is 5.25 Å². The summed E-state index contributed by atoms with van der Waals surface area (Å²) in [4.78, 5) is 15.7. The van der Waals surface area contributed by atoms with E-state index in [2.05, 4.69) is 11.9 Å². The van der Waals surface area contributed by atoms with Gasteiger partial charge in [-0.05, 0) is 6.42 Å². The second-order valence-electron chi connectivity index (χ2n) is 3.74. The first-order chi connectivity index (χ1) is 7.72. The lowest BCUT2D eigenvalue weighted by Crippen LogP contribution is -2.18. The average Bonchev–Trinajstić information content (AvgIpc) is 2.78. The topological polar surface area (TPSA) is 30.0 Å². The molecule has 0 amide bonds. The normalized spacial score (nSPS) is 25.6. The maximum absolute atomic E-state index is 11.2. The number of thiazole rings is 1. The zero-order valence-corrected chi connectivity index (χ0v) is 11.9. The molecule has 1 aliphatic heterocycles. The van der Waals surface area contributed by atoms with Crippen LogP contribution in [0.15, 0.2) is 5.38 Å². The van der Waals surface area contributed by atoms with Crippen LogP contribution in [0.5, 0.6) is 0 Å². The molecular weight excluding hydrogens is 258 g/mol. The van der Waals surface area contributed by atoms with Gasteiger partial charge in [-0.3, -0.25) is 4.79 Å². The lowest BCUT2D eigenvalue weighted by atomic mass is 10.2. The second kappa shape index (κ2) is 5.56. The number of carbonyl (C=O) groups is 1. The third-order valence-corrected chi connectivity index (χ3v) is 6.91. The molecule has 5 heteroatoms. The van der Waals surface area contributed by atoms with Crippen molar-refractivity contribution in [3.8, 4) is 0 Å². The van der Waals surface area contributed by atoms with Crippen molar-refractivity contribution in [2.24, 2.45) is 0 Å². The molecular formula is C11H15NOS3. The Morgan fingerprint density at radius 2 is 2.25 bits per heavy atom. The summed E-state index contributed by atoms with van der Waals surface area (Å²) in [5.41, 5.74) is 0.631. The van der Waals surface area contributed by atoms with Crippen molar-refractivity contribution in [1.29, 1.82) is 0 Å². The van der Waals surface area contributed by atoms with Crippen LogP contribution in [-0.4, -0.2) is 27.5 Å². The molecule has 1 aliphatic rings. The molecule has 0 aromatic carbocycles. The maximum Gasteiger partial charge on any atom is 0.178 e. The summed E-state index contributed by atoms with van der Waals surface area (Å²) in [7, 11) is 0. The third kappa shape index (κ3) is 2.63. The quantitative estimate of drug-likeness (QED) is 0.786. The van der Waals surface area contributed by atoms with Crippen LogP contribution in [0.25, 0.3) is 0 Å². The van der Waals surface area contributed by atoms with E-state index in [1.54, 1.807) is 18.3 Å². The van der Waals surface area contributed by atoms with E-state index >= 15 is 0 Å². The molecule has 0 radical (unpaired) electrons. The van der Waals surface area contributed by atoms with E-state index in [-0.39, 0.29) is 5.78 Å². The summed E-state index contributed by atoms with van der Waals surface area (Å²) >= 11 is 5.67. The molecule has 0 spiro atoms. The lowest BCUT2D eigenvalue weighted by Gasteiger charge is -2.28. The van der Waals surface area contributed by atoms with E-state index in [0.29, 0.717) is 16.2 Å².